The summed E-state index contributed by atoms with van der Waals surface area (Å²) < 4.78 is 18.4. The Kier molecular flexibility index (Phi) is 8.52. The first-order chi connectivity index (χ1) is 23.7. The van der Waals surface area contributed by atoms with Gasteiger partial charge in [0, 0.05) is 62.3 Å². The highest BCUT2D eigenvalue weighted by molar-refractivity contribution is 9.10. The fourth-order valence-corrected chi connectivity index (χ4v) is 8.67. The Hall–Kier alpha value is -5.14. The molecule has 9 aromatic rings. The molecule has 0 saturated carbocycles. The molecule has 3 nitrogen and oxygen atoms in total. The van der Waals surface area contributed by atoms with Gasteiger partial charge >= 0.3 is 0 Å². The van der Waals surface area contributed by atoms with Gasteiger partial charge in [0.2, 0.25) is 0 Å². The van der Waals surface area contributed by atoms with Gasteiger partial charge in [-0.05, 0) is 66.7 Å². The number of para-hydroxylation sites is 3. The van der Waals surface area contributed by atoms with Gasteiger partial charge in [0.05, 0.1) is 0 Å². The minimum absolute atomic E-state index is 0.839. The van der Waals surface area contributed by atoms with Crippen LogP contribution in [-0.4, -0.2) is 0 Å². The molecule has 7 aromatic carbocycles. The van der Waals surface area contributed by atoms with Gasteiger partial charge < -0.3 is 14.8 Å². The number of nitrogens with one attached hydrogen (secondary N) is 1. The van der Waals surface area contributed by atoms with Crippen LogP contribution in [0.5, 0.6) is 23.0 Å². The maximum Gasteiger partial charge on any atom is 0.138 e. The number of rotatable bonds is 6. The lowest BCUT2D eigenvalue weighted by molar-refractivity contribution is 0.488. The number of benzene rings is 7. The third-order valence-electron chi connectivity index (χ3n) is 7.85. The quantitative estimate of drug-likeness (QED) is 0.185. The lowest BCUT2D eigenvalue weighted by Crippen LogP contribution is -1.91. The summed E-state index contributed by atoms with van der Waals surface area (Å²) in [6, 6.07) is 55.5. The maximum atomic E-state index is 6.30. The Labute approximate surface area is 294 Å². The van der Waals surface area contributed by atoms with Crippen molar-refractivity contribution in [2.75, 3.05) is 5.32 Å². The average molecular weight is 723 g/mol. The van der Waals surface area contributed by atoms with Crippen molar-refractivity contribution in [2.45, 2.75) is 0 Å². The molecule has 0 amide bonds. The normalized spacial score (nSPS) is 11.0. The predicted octanol–water partition coefficient (Wildman–Crippen LogP) is 14.2. The van der Waals surface area contributed by atoms with E-state index in [2.05, 4.69) is 100 Å². The molecule has 232 valence electrons. The fraction of sp³-hybridized carbons (Fsp3) is 0. The Balaban J connectivity index is 0.000000145. The largest absolute Gasteiger partial charge is 0.457 e. The van der Waals surface area contributed by atoms with Gasteiger partial charge in [0.25, 0.3) is 0 Å². The zero-order chi connectivity index (χ0) is 32.3. The molecule has 2 heterocycles. The van der Waals surface area contributed by atoms with Gasteiger partial charge in [-0.15, -0.1) is 22.7 Å². The van der Waals surface area contributed by atoms with Crippen molar-refractivity contribution in [3.63, 3.8) is 0 Å². The smallest absolute Gasteiger partial charge is 0.138 e. The van der Waals surface area contributed by atoms with Crippen molar-refractivity contribution in [1.82, 2.24) is 0 Å². The minimum Gasteiger partial charge on any atom is -0.457 e. The SMILES string of the molecule is Brc1cc(Oc2ccccc2)c2c(c1)sc1ccccc12.c1ccc(Nc2cc(Oc3ccccc3)c3c(c2)sc2ccccc23)cc1. The zero-order valence-corrected chi connectivity index (χ0v) is 28.8. The van der Waals surface area contributed by atoms with Gasteiger partial charge in [-0.25, -0.2) is 0 Å². The predicted molar refractivity (Wildman–Crippen MR) is 209 cm³/mol. The van der Waals surface area contributed by atoms with Crippen LogP contribution in [0.25, 0.3) is 40.3 Å². The summed E-state index contributed by atoms with van der Waals surface area (Å²) in [5.74, 6) is 3.45. The molecular weight excluding hydrogens is 695 g/mol. The Morgan fingerprint density at radius 1 is 0.417 bits per heavy atom. The van der Waals surface area contributed by atoms with E-state index in [0.29, 0.717) is 0 Å². The van der Waals surface area contributed by atoms with Gasteiger partial charge in [-0.3, -0.25) is 0 Å². The van der Waals surface area contributed by atoms with Crippen LogP contribution in [0.15, 0.2) is 168 Å². The first kappa shape index (κ1) is 30.2. The monoisotopic (exact) mass is 721 g/mol. The Morgan fingerprint density at radius 2 is 0.875 bits per heavy atom. The van der Waals surface area contributed by atoms with Crippen LogP contribution >= 0.6 is 38.6 Å². The first-order valence-corrected chi connectivity index (χ1v) is 17.9. The van der Waals surface area contributed by atoms with Crippen molar-refractivity contribution in [3.8, 4) is 23.0 Å². The molecule has 0 saturated heterocycles. The van der Waals surface area contributed by atoms with Crippen LogP contribution in [0.4, 0.5) is 11.4 Å². The zero-order valence-electron chi connectivity index (χ0n) is 25.6. The van der Waals surface area contributed by atoms with Gasteiger partial charge in [-0.2, -0.15) is 0 Å². The van der Waals surface area contributed by atoms with E-state index in [1.807, 2.05) is 84.9 Å². The summed E-state index contributed by atoms with van der Waals surface area (Å²) in [5.41, 5.74) is 2.08. The van der Waals surface area contributed by atoms with E-state index in [-0.39, 0.29) is 0 Å². The number of thiophene rings is 2. The standard InChI is InChI=1S/C24H17NOS.C18H11BrOS/c1-3-9-17(10-4-1)25-18-15-21(26-19-11-5-2-6-12-19)24-20-13-7-8-14-22(20)27-23(24)16-18;19-12-10-15(20-13-6-2-1-3-7-13)18-14-8-4-5-9-16(14)21-17(18)11-12/h1-16,25H;1-11H. The molecule has 0 atom stereocenters. The number of hydrogen-bond acceptors (Lipinski definition) is 5. The first-order valence-electron chi connectivity index (χ1n) is 15.5. The van der Waals surface area contributed by atoms with E-state index in [0.717, 1.165) is 44.2 Å². The highest BCUT2D eigenvalue weighted by Crippen LogP contribution is 2.44. The van der Waals surface area contributed by atoms with Crippen LogP contribution in [0.3, 0.4) is 0 Å². The van der Waals surface area contributed by atoms with E-state index in [4.69, 9.17) is 9.47 Å². The maximum absolute atomic E-state index is 6.30. The third kappa shape index (κ3) is 6.38. The van der Waals surface area contributed by atoms with E-state index in [1.165, 1.54) is 35.0 Å². The van der Waals surface area contributed by atoms with Crippen molar-refractivity contribution < 1.29 is 9.47 Å². The van der Waals surface area contributed by atoms with Crippen LogP contribution in [0.2, 0.25) is 0 Å². The fourth-order valence-electron chi connectivity index (χ4n) is 5.75. The molecule has 0 spiro atoms. The molecule has 0 aliphatic rings. The lowest BCUT2D eigenvalue weighted by Gasteiger charge is -2.12. The molecule has 0 aliphatic heterocycles. The van der Waals surface area contributed by atoms with Crippen molar-refractivity contribution in [1.29, 1.82) is 0 Å². The summed E-state index contributed by atoms with van der Waals surface area (Å²) in [5, 5.41) is 8.32. The second kappa shape index (κ2) is 13.5. The average Bonchev–Trinajstić information content (AvgIpc) is 3.68. The van der Waals surface area contributed by atoms with Gasteiger partial charge in [0.1, 0.15) is 23.0 Å². The summed E-state index contributed by atoms with van der Waals surface area (Å²) in [4.78, 5) is 0. The van der Waals surface area contributed by atoms with Gasteiger partial charge in [0.15, 0.2) is 0 Å². The molecule has 0 bridgehead atoms. The molecule has 0 radical (unpaired) electrons. The molecule has 48 heavy (non-hydrogen) atoms. The Bertz CT molecular complexity index is 2490. The molecular formula is C42H28BrNO2S2. The molecule has 0 fully saturated rings. The number of fused-ring (bicyclic) bond motifs is 6. The minimum atomic E-state index is 0.839. The van der Waals surface area contributed by atoms with Crippen molar-refractivity contribution in [3.05, 3.63) is 168 Å². The van der Waals surface area contributed by atoms with Crippen LogP contribution < -0.4 is 14.8 Å². The van der Waals surface area contributed by atoms with E-state index >= 15 is 0 Å². The summed E-state index contributed by atoms with van der Waals surface area (Å²) in [7, 11) is 0. The summed E-state index contributed by atoms with van der Waals surface area (Å²) in [6.45, 7) is 0. The van der Waals surface area contributed by atoms with E-state index < -0.39 is 0 Å². The van der Waals surface area contributed by atoms with Gasteiger partial charge in [-0.1, -0.05) is 107 Å². The number of ether oxygens (including phenoxy) is 2. The van der Waals surface area contributed by atoms with Crippen LogP contribution in [0, 0.1) is 0 Å². The van der Waals surface area contributed by atoms with E-state index in [1.54, 1.807) is 22.7 Å². The summed E-state index contributed by atoms with van der Waals surface area (Å²) >= 11 is 7.16. The van der Waals surface area contributed by atoms with Crippen molar-refractivity contribution in [2.24, 2.45) is 0 Å². The molecule has 0 unspecified atom stereocenters. The number of anilines is 2. The Morgan fingerprint density at radius 3 is 1.44 bits per heavy atom. The van der Waals surface area contributed by atoms with Crippen molar-refractivity contribution >= 4 is 90.3 Å². The highest BCUT2D eigenvalue weighted by Gasteiger charge is 2.14. The number of halogens is 1. The molecule has 9 rings (SSSR count). The molecule has 6 heteroatoms. The second-order valence-electron chi connectivity index (χ2n) is 11.1. The molecule has 1 N–H and O–H groups in total. The van der Waals surface area contributed by atoms with Crippen LogP contribution in [-0.2, 0) is 0 Å². The lowest BCUT2D eigenvalue weighted by atomic mass is 10.1. The van der Waals surface area contributed by atoms with Crippen LogP contribution in [0.1, 0.15) is 0 Å². The number of hydrogen-bond donors (Lipinski definition) is 1. The van der Waals surface area contributed by atoms with E-state index in [9.17, 15) is 0 Å². The highest BCUT2D eigenvalue weighted by atomic mass is 79.9. The molecule has 0 aliphatic carbocycles. The molecule has 2 aromatic heterocycles. The summed E-state index contributed by atoms with van der Waals surface area (Å²) in [6.07, 6.45) is 0. The third-order valence-corrected chi connectivity index (χ3v) is 10.5. The topological polar surface area (TPSA) is 30.5 Å². The second-order valence-corrected chi connectivity index (χ2v) is 14.2.